The van der Waals surface area contributed by atoms with Gasteiger partial charge >= 0.3 is 18.0 Å². The number of carbonyl (C=O) groups is 4. The van der Waals surface area contributed by atoms with Crippen molar-refractivity contribution >= 4 is 29.3 Å². The number of alkyl halides is 5. The Bertz CT molecular complexity index is 1260. The number of benzene rings is 1. The number of hydrogen-bond acceptors (Lipinski definition) is 5. The van der Waals surface area contributed by atoms with E-state index in [2.05, 4.69) is 5.32 Å². The second kappa shape index (κ2) is 10.3. The number of halogens is 5. The molecular weight excluding hydrogens is 541 g/mol. The number of likely N-dealkylation sites (N-methyl/N-ethyl adjacent to an activating group) is 1. The number of nitrogens with zero attached hydrogens (tertiary/aromatic N) is 3. The number of nitriles is 1. The van der Waals surface area contributed by atoms with E-state index in [1.54, 1.807) is 45.0 Å². The highest BCUT2D eigenvalue weighted by atomic mass is 19.4. The van der Waals surface area contributed by atoms with Crippen LogP contribution >= 0.6 is 0 Å². The van der Waals surface area contributed by atoms with Crippen molar-refractivity contribution in [2.24, 2.45) is 5.41 Å². The molecule has 218 valence electrons. The van der Waals surface area contributed by atoms with Crippen molar-refractivity contribution in [1.29, 1.82) is 5.26 Å². The highest BCUT2D eigenvalue weighted by Crippen LogP contribution is 2.46. The summed E-state index contributed by atoms with van der Waals surface area (Å²) in [5.74, 6) is -10.6. The van der Waals surface area contributed by atoms with Crippen LogP contribution in [0.15, 0.2) is 24.3 Å². The predicted molar refractivity (Wildman–Crippen MR) is 132 cm³/mol. The molecule has 4 atom stereocenters. The van der Waals surface area contributed by atoms with E-state index < -0.39 is 58.8 Å². The van der Waals surface area contributed by atoms with E-state index in [-0.39, 0.29) is 25.3 Å². The van der Waals surface area contributed by atoms with Gasteiger partial charge in [-0.1, -0.05) is 39.0 Å². The maximum atomic E-state index is 13.9. The van der Waals surface area contributed by atoms with Crippen LogP contribution in [0, 0.1) is 16.7 Å². The van der Waals surface area contributed by atoms with E-state index in [1.165, 1.54) is 10.2 Å². The second-order valence-corrected chi connectivity index (χ2v) is 11.4. The van der Waals surface area contributed by atoms with Crippen LogP contribution in [0.5, 0.6) is 0 Å². The smallest absolute Gasteiger partial charge is 0.339 e. The number of hydrogen-bond donors (Lipinski definition) is 2. The zero-order valence-electron chi connectivity index (χ0n) is 22.5. The number of carbonyl (C=O) groups excluding carboxylic acids is 4. The molecule has 2 aliphatic heterocycles. The van der Waals surface area contributed by atoms with Gasteiger partial charge in [0.25, 0.3) is 0 Å². The van der Waals surface area contributed by atoms with Gasteiger partial charge in [-0.05, 0) is 30.4 Å². The van der Waals surface area contributed by atoms with Crippen LogP contribution in [0.1, 0.15) is 46.1 Å². The lowest BCUT2D eigenvalue weighted by Crippen LogP contribution is -2.58. The van der Waals surface area contributed by atoms with Gasteiger partial charge < -0.3 is 20.4 Å². The fourth-order valence-corrected chi connectivity index (χ4v) is 5.08. The molecule has 0 bridgehead atoms. The molecule has 4 amide bonds. The van der Waals surface area contributed by atoms with E-state index in [9.17, 15) is 46.4 Å². The van der Waals surface area contributed by atoms with Crippen molar-refractivity contribution in [2.45, 2.75) is 76.2 Å². The van der Waals surface area contributed by atoms with Crippen LogP contribution in [0.3, 0.4) is 0 Å². The lowest BCUT2D eigenvalue weighted by atomic mass is 9.80. The number of anilines is 1. The SMILES string of the molecule is C[C@H](NC(=O)C(F)(F)C(F)(F)F)C(=O)N(C)[C@@H](CC(C)(C)C)C(=O)N1C[C@]2(C[C@H]1C#N)C(=O)Nc1ccccc12. The van der Waals surface area contributed by atoms with Crippen LogP contribution in [0.4, 0.5) is 27.6 Å². The second-order valence-electron chi connectivity index (χ2n) is 11.4. The highest BCUT2D eigenvalue weighted by molar-refractivity contribution is 6.07. The van der Waals surface area contributed by atoms with Crippen molar-refractivity contribution in [3.63, 3.8) is 0 Å². The minimum atomic E-state index is -6.17. The third kappa shape index (κ3) is 5.46. The Hall–Kier alpha value is -3.76. The van der Waals surface area contributed by atoms with E-state index in [4.69, 9.17) is 0 Å². The van der Waals surface area contributed by atoms with Crippen molar-refractivity contribution in [3.8, 4) is 6.07 Å². The summed E-state index contributed by atoms with van der Waals surface area (Å²) in [6.45, 7) is 6.03. The molecule has 14 heteroatoms. The molecule has 0 unspecified atom stereocenters. The summed E-state index contributed by atoms with van der Waals surface area (Å²) in [5, 5.41) is 14.0. The normalized spacial score (nSPS) is 22.3. The number of likely N-dealkylation sites (tertiary alicyclic amines) is 1. The van der Waals surface area contributed by atoms with Gasteiger partial charge in [-0.3, -0.25) is 19.2 Å². The van der Waals surface area contributed by atoms with Gasteiger partial charge in [0.2, 0.25) is 17.7 Å². The maximum Gasteiger partial charge on any atom is 0.463 e. The van der Waals surface area contributed by atoms with Crippen LogP contribution in [0.2, 0.25) is 0 Å². The predicted octanol–water partition coefficient (Wildman–Crippen LogP) is 2.97. The molecule has 2 heterocycles. The summed E-state index contributed by atoms with van der Waals surface area (Å²) in [4.78, 5) is 53.8. The Morgan fingerprint density at radius 2 is 1.80 bits per heavy atom. The van der Waals surface area contributed by atoms with Crippen molar-refractivity contribution in [1.82, 2.24) is 15.1 Å². The maximum absolute atomic E-state index is 13.9. The van der Waals surface area contributed by atoms with Crippen LogP contribution < -0.4 is 10.6 Å². The van der Waals surface area contributed by atoms with Crippen molar-refractivity contribution in [3.05, 3.63) is 29.8 Å². The van der Waals surface area contributed by atoms with Crippen molar-refractivity contribution in [2.75, 3.05) is 18.9 Å². The minimum absolute atomic E-state index is 0.00301. The summed E-state index contributed by atoms with van der Waals surface area (Å²) in [7, 11) is 1.16. The standard InChI is InChI=1S/C26H30F5N5O4/c1-14(33-22(40)25(27,28)26(29,30)31)19(37)35(5)18(11-23(2,3)4)20(38)36-13-24(10-15(36)12-32)16-8-6-7-9-17(16)34-21(24)39/h6-9,14-15,18H,10-11,13H2,1-5H3,(H,33,40)(H,34,39)/t14-,15-,18-,24-/m0/s1. The Morgan fingerprint density at radius 3 is 2.35 bits per heavy atom. The average Bonchev–Trinajstić information content (AvgIpc) is 3.38. The molecule has 0 aromatic heterocycles. The first-order valence-corrected chi connectivity index (χ1v) is 12.4. The molecule has 3 rings (SSSR count). The van der Waals surface area contributed by atoms with E-state index >= 15 is 0 Å². The Kier molecular flexibility index (Phi) is 7.95. The number of fused-ring (bicyclic) bond motifs is 2. The summed E-state index contributed by atoms with van der Waals surface area (Å²) < 4.78 is 64.7. The molecule has 1 aromatic carbocycles. The Labute approximate surface area is 227 Å². The molecular formula is C26H30F5N5O4. The molecule has 1 fully saturated rings. The third-order valence-electron chi connectivity index (χ3n) is 7.18. The molecule has 0 aliphatic carbocycles. The topological polar surface area (TPSA) is 123 Å². The molecule has 40 heavy (non-hydrogen) atoms. The van der Waals surface area contributed by atoms with Crippen molar-refractivity contribution < 1.29 is 41.1 Å². The van der Waals surface area contributed by atoms with Gasteiger partial charge in [-0.2, -0.15) is 27.2 Å². The summed E-state index contributed by atoms with van der Waals surface area (Å²) in [6.07, 6.45) is -6.16. The lowest BCUT2D eigenvalue weighted by molar-refractivity contribution is -0.270. The van der Waals surface area contributed by atoms with Crippen LogP contribution in [-0.2, 0) is 24.6 Å². The molecule has 2 aliphatic rings. The third-order valence-corrected chi connectivity index (χ3v) is 7.18. The first-order valence-electron chi connectivity index (χ1n) is 12.4. The van der Waals surface area contributed by atoms with Gasteiger partial charge in [0.15, 0.2) is 0 Å². The van der Waals surface area contributed by atoms with Gasteiger partial charge in [0, 0.05) is 25.7 Å². The molecule has 1 spiro atoms. The quantitative estimate of drug-likeness (QED) is 0.509. The number of nitrogens with one attached hydrogen (secondary N) is 2. The fraction of sp³-hybridized carbons (Fsp3) is 0.577. The average molecular weight is 572 g/mol. The molecule has 9 nitrogen and oxygen atoms in total. The largest absolute Gasteiger partial charge is 0.463 e. The monoisotopic (exact) mass is 571 g/mol. The molecule has 1 aromatic rings. The highest BCUT2D eigenvalue weighted by Gasteiger charge is 2.64. The number of amides is 4. The molecule has 0 radical (unpaired) electrons. The van der Waals surface area contributed by atoms with Gasteiger partial charge in [0.05, 0.1) is 11.5 Å². The summed E-state index contributed by atoms with van der Waals surface area (Å²) in [5.41, 5.74) is -0.625. The first kappa shape index (κ1) is 30.8. The Balaban J connectivity index is 1.89. The van der Waals surface area contributed by atoms with Gasteiger partial charge in [0.1, 0.15) is 18.1 Å². The zero-order chi connectivity index (χ0) is 30.4. The Morgan fingerprint density at radius 1 is 1.20 bits per heavy atom. The summed E-state index contributed by atoms with van der Waals surface area (Å²) in [6, 6.07) is 4.72. The summed E-state index contributed by atoms with van der Waals surface area (Å²) >= 11 is 0. The van der Waals surface area contributed by atoms with Gasteiger partial charge in [-0.25, -0.2) is 0 Å². The van der Waals surface area contributed by atoms with E-state index in [1.807, 2.05) is 6.07 Å². The van der Waals surface area contributed by atoms with Crippen LogP contribution in [-0.4, -0.2) is 77.2 Å². The van der Waals surface area contributed by atoms with E-state index in [0.717, 1.165) is 18.9 Å². The number of para-hydroxylation sites is 1. The molecule has 1 saturated heterocycles. The number of rotatable bonds is 6. The van der Waals surface area contributed by atoms with Gasteiger partial charge in [-0.15, -0.1) is 0 Å². The lowest BCUT2D eigenvalue weighted by Gasteiger charge is -2.37. The van der Waals surface area contributed by atoms with E-state index in [0.29, 0.717) is 11.3 Å². The molecule has 2 N–H and O–H groups in total. The van der Waals surface area contributed by atoms with Crippen LogP contribution in [0.25, 0.3) is 0 Å². The zero-order valence-corrected chi connectivity index (χ0v) is 22.5. The minimum Gasteiger partial charge on any atom is -0.339 e. The molecule has 0 saturated carbocycles. The first-order chi connectivity index (χ1) is 18.3. The fourth-order valence-electron chi connectivity index (χ4n) is 5.08.